The molecule has 1 fully saturated rings. The lowest BCUT2D eigenvalue weighted by Crippen LogP contribution is -2.40. The molecule has 1 aliphatic rings. The number of aromatic nitrogens is 2. The van der Waals surface area contributed by atoms with Crippen molar-refractivity contribution in [3.8, 4) is 0 Å². The van der Waals surface area contributed by atoms with Crippen LogP contribution in [0.15, 0.2) is 36.5 Å². The van der Waals surface area contributed by atoms with Crippen molar-refractivity contribution in [2.24, 2.45) is 7.05 Å². The molecular weight excluding hydrogens is 292 g/mol. The number of nitrogens with one attached hydrogen (secondary N) is 1. The number of hydrogen-bond acceptors (Lipinski definition) is 4. The fourth-order valence-electron chi connectivity index (χ4n) is 2.72. The number of carbonyl (C=O) groups is 1. The molecule has 3 rings (SSSR count). The lowest BCUT2D eigenvalue weighted by atomic mass is 10.1. The number of hydrogen-bond donors (Lipinski definition) is 1. The molecule has 0 unspecified atom stereocenters. The summed E-state index contributed by atoms with van der Waals surface area (Å²) in [4.78, 5) is 14.6. The van der Waals surface area contributed by atoms with Gasteiger partial charge >= 0.3 is 0 Å². The first-order valence-corrected chi connectivity index (χ1v) is 7.84. The van der Waals surface area contributed by atoms with Crippen LogP contribution in [-0.4, -0.2) is 46.4 Å². The van der Waals surface area contributed by atoms with Crippen molar-refractivity contribution >= 4 is 11.7 Å². The Labute approximate surface area is 136 Å². The highest BCUT2D eigenvalue weighted by molar-refractivity contribution is 6.03. The number of carbonyl (C=O) groups excluding carboxylic acids is 1. The van der Waals surface area contributed by atoms with Gasteiger partial charge < -0.3 is 10.1 Å². The molecule has 2 aromatic rings. The first-order chi connectivity index (χ1) is 11.1. The lowest BCUT2D eigenvalue weighted by Gasteiger charge is -2.31. The third-order valence-corrected chi connectivity index (χ3v) is 3.90. The average molecular weight is 314 g/mol. The van der Waals surface area contributed by atoms with Gasteiger partial charge in [-0.05, 0) is 24.6 Å². The molecule has 1 amide bonds. The summed E-state index contributed by atoms with van der Waals surface area (Å²) < 4.78 is 7.21. The van der Waals surface area contributed by atoms with Gasteiger partial charge in [-0.25, -0.2) is 0 Å². The smallest absolute Gasteiger partial charge is 0.256 e. The van der Waals surface area contributed by atoms with Gasteiger partial charge in [-0.15, -0.1) is 0 Å². The minimum atomic E-state index is -0.143. The fourth-order valence-corrected chi connectivity index (χ4v) is 2.72. The summed E-state index contributed by atoms with van der Waals surface area (Å²) >= 11 is 0. The SMILES string of the molecule is C[C@@H]1CN(Cc2ccc(C(=O)Nc3ccn(C)n3)cc2)CCO1. The zero-order valence-corrected chi connectivity index (χ0v) is 13.5. The Morgan fingerprint density at radius 1 is 1.35 bits per heavy atom. The second-order valence-corrected chi connectivity index (χ2v) is 5.94. The van der Waals surface area contributed by atoms with Crippen LogP contribution in [0.5, 0.6) is 0 Å². The van der Waals surface area contributed by atoms with E-state index >= 15 is 0 Å². The van der Waals surface area contributed by atoms with Crippen LogP contribution in [0, 0.1) is 0 Å². The number of anilines is 1. The molecule has 122 valence electrons. The van der Waals surface area contributed by atoms with Crippen LogP contribution in [0.3, 0.4) is 0 Å². The quantitative estimate of drug-likeness (QED) is 0.936. The first kappa shape index (κ1) is 15.7. The summed E-state index contributed by atoms with van der Waals surface area (Å²) in [5.41, 5.74) is 1.84. The van der Waals surface area contributed by atoms with Crippen molar-refractivity contribution in [2.45, 2.75) is 19.6 Å². The van der Waals surface area contributed by atoms with Gasteiger partial charge in [0.25, 0.3) is 5.91 Å². The first-order valence-electron chi connectivity index (χ1n) is 7.84. The lowest BCUT2D eigenvalue weighted by molar-refractivity contribution is -0.0212. The van der Waals surface area contributed by atoms with Gasteiger partial charge in [-0.1, -0.05) is 12.1 Å². The van der Waals surface area contributed by atoms with E-state index in [0.29, 0.717) is 11.4 Å². The number of amides is 1. The number of ether oxygens (including phenoxy) is 1. The monoisotopic (exact) mass is 314 g/mol. The minimum absolute atomic E-state index is 0.143. The van der Waals surface area contributed by atoms with Crippen molar-refractivity contribution in [1.82, 2.24) is 14.7 Å². The zero-order valence-electron chi connectivity index (χ0n) is 13.5. The molecule has 1 aromatic carbocycles. The normalized spacial score (nSPS) is 18.8. The predicted octanol–water partition coefficient (Wildman–Crippen LogP) is 1.89. The van der Waals surface area contributed by atoms with E-state index in [1.54, 1.807) is 16.9 Å². The Hall–Kier alpha value is -2.18. The Morgan fingerprint density at radius 3 is 2.78 bits per heavy atom. The fraction of sp³-hybridized carbons (Fsp3) is 0.412. The molecule has 1 saturated heterocycles. The maximum absolute atomic E-state index is 12.2. The number of morpholine rings is 1. The largest absolute Gasteiger partial charge is 0.376 e. The van der Waals surface area contributed by atoms with Gasteiger partial charge in [-0.2, -0.15) is 5.10 Å². The van der Waals surface area contributed by atoms with Gasteiger partial charge in [0.2, 0.25) is 0 Å². The Kier molecular flexibility index (Phi) is 4.73. The van der Waals surface area contributed by atoms with Crippen LogP contribution in [0.25, 0.3) is 0 Å². The highest BCUT2D eigenvalue weighted by Gasteiger charge is 2.16. The van der Waals surface area contributed by atoms with Crippen LogP contribution in [0.4, 0.5) is 5.82 Å². The van der Waals surface area contributed by atoms with Crippen LogP contribution in [-0.2, 0) is 18.3 Å². The topological polar surface area (TPSA) is 59.4 Å². The summed E-state index contributed by atoms with van der Waals surface area (Å²) in [6.07, 6.45) is 2.08. The number of benzene rings is 1. The van der Waals surface area contributed by atoms with E-state index in [0.717, 1.165) is 26.2 Å². The molecule has 0 spiro atoms. The molecule has 0 aliphatic carbocycles. The molecule has 1 aromatic heterocycles. The van der Waals surface area contributed by atoms with Gasteiger partial charge in [-0.3, -0.25) is 14.4 Å². The van der Waals surface area contributed by atoms with Crippen LogP contribution < -0.4 is 5.32 Å². The van der Waals surface area contributed by atoms with Crippen LogP contribution in [0.2, 0.25) is 0 Å². The maximum atomic E-state index is 12.2. The summed E-state index contributed by atoms with van der Waals surface area (Å²) in [6, 6.07) is 9.50. The molecule has 6 nitrogen and oxygen atoms in total. The molecule has 0 radical (unpaired) electrons. The molecule has 1 atom stereocenters. The predicted molar refractivity (Wildman–Crippen MR) is 88.3 cm³/mol. The average Bonchev–Trinajstić information content (AvgIpc) is 2.93. The molecular formula is C17H22N4O2. The third kappa shape index (κ3) is 4.18. The van der Waals surface area contributed by atoms with Gasteiger partial charge in [0.15, 0.2) is 5.82 Å². The number of nitrogens with zero attached hydrogens (tertiary/aromatic N) is 3. The Balaban J connectivity index is 1.59. The summed E-state index contributed by atoms with van der Waals surface area (Å²) in [5.74, 6) is 0.416. The van der Waals surface area contributed by atoms with Crippen LogP contribution >= 0.6 is 0 Å². The molecule has 6 heteroatoms. The van der Waals surface area contributed by atoms with E-state index < -0.39 is 0 Å². The molecule has 2 heterocycles. The minimum Gasteiger partial charge on any atom is -0.376 e. The molecule has 1 aliphatic heterocycles. The maximum Gasteiger partial charge on any atom is 0.256 e. The van der Waals surface area contributed by atoms with Crippen molar-refractivity contribution in [3.63, 3.8) is 0 Å². The summed E-state index contributed by atoms with van der Waals surface area (Å²) in [7, 11) is 1.82. The molecule has 23 heavy (non-hydrogen) atoms. The van der Waals surface area contributed by atoms with Crippen molar-refractivity contribution in [3.05, 3.63) is 47.7 Å². The standard InChI is InChI=1S/C17H22N4O2/c1-13-11-21(9-10-23-13)12-14-3-5-15(6-4-14)17(22)18-16-7-8-20(2)19-16/h3-8,13H,9-12H2,1-2H3,(H,18,19,22)/t13-/m1/s1. The van der Waals surface area contributed by atoms with Gasteiger partial charge in [0.05, 0.1) is 12.7 Å². The molecule has 0 bridgehead atoms. The van der Waals surface area contributed by atoms with Crippen LogP contribution in [0.1, 0.15) is 22.8 Å². The van der Waals surface area contributed by atoms with Crippen molar-refractivity contribution in [1.29, 1.82) is 0 Å². The molecule has 0 saturated carbocycles. The van der Waals surface area contributed by atoms with E-state index in [-0.39, 0.29) is 12.0 Å². The van der Waals surface area contributed by atoms with E-state index in [2.05, 4.69) is 22.2 Å². The Bertz CT molecular complexity index is 665. The molecule has 1 N–H and O–H groups in total. The highest BCUT2D eigenvalue weighted by Crippen LogP contribution is 2.12. The summed E-state index contributed by atoms with van der Waals surface area (Å²) in [5, 5.41) is 6.93. The zero-order chi connectivity index (χ0) is 16.2. The number of aryl methyl sites for hydroxylation is 1. The van der Waals surface area contributed by atoms with E-state index in [9.17, 15) is 4.79 Å². The van der Waals surface area contributed by atoms with Gasteiger partial charge in [0, 0.05) is 44.5 Å². The van der Waals surface area contributed by atoms with Gasteiger partial charge in [0.1, 0.15) is 0 Å². The highest BCUT2D eigenvalue weighted by atomic mass is 16.5. The van der Waals surface area contributed by atoms with E-state index in [1.165, 1.54) is 5.56 Å². The van der Waals surface area contributed by atoms with Crippen molar-refractivity contribution < 1.29 is 9.53 Å². The van der Waals surface area contributed by atoms with Crippen molar-refractivity contribution in [2.75, 3.05) is 25.0 Å². The third-order valence-electron chi connectivity index (χ3n) is 3.90. The van der Waals surface area contributed by atoms with E-state index in [4.69, 9.17) is 4.74 Å². The summed E-state index contributed by atoms with van der Waals surface area (Å²) in [6.45, 7) is 5.66. The second kappa shape index (κ2) is 6.93. The van der Waals surface area contributed by atoms with E-state index in [1.807, 2.05) is 31.3 Å². The Morgan fingerprint density at radius 2 is 2.13 bits per heavy atom. The second-order valence-electron chi connectivity index (χ2n) is 5.94. The number of rotatable bonds is 4.